The van der Waals surface area contributed by atoms with Crippen molar-refractivity contribution >= 4 is 37.6 Å². The van der Waals surface area contributed by atoms with Gasteiger partial charge in [0.1, 0.15) is 0 Å². The van der Waals surface area contributed by atoms with Crippen molar-refractivity contribution in [1.82, 2.24) is 0 Å². The zero-order valence-electron chi connectivity index (χ0n) is 8.69. The lowest BCUT2D eigenvalue weighted by Crippen LogP contribution is -2.36. The molecule has 0 aromatic heterocycles. The molecule has 0 N–H and O–H groups in total. The van der Waals surface area contributed by atoms with Crippen molar-refractivity contribution in [3.05, 3.63) is 24.3 Å². The van der Waals surface area contributed by atoms with Gasteiger partial charge in [0.2, 0.25) is 0 Å². The van der Waals surface area contributed by atoms with E-state index in [-0.39, 0.29) is 8.80 Å². The van der Waals surface area contributed by atoms with Gasteiger partial charge in [-0.1, -0.05) is 55.6 Å². The Labute approximate surface area is 88.3 Å². The van der Waals surface area contributed by atoms with Gasteiger partial charge in [-0.3, -0.25) is 0 Å². The quantitative estimate of drug-likeness (QED) is 0.538. The maximum atomic E-state index is 6.34. The number of benzene rings is 1. The molecule has 1 aromatic carbocycles. The fourth-order valence-corrected chi connectivity index (χ4v) is 3.37. The van der Waals surface area contributed by atoms with E-state index in [4.69, 9.17) is 11.1 Å². The summed E-state index contributed by atoms with van der Waals surface area (Å²) in [5.41, 5.74) is 0. The van der Waals surface area contributed by atoms with Crippen LogP contribution >= 0.6 is 11.1 Å². The predicted octanol–water partition coefficient (Wildman–Crippen LogP) is 2.30. The topological polar surface area (TPSA) is 0 Å². The van der Waals surface area contributed by atoms with Crippen LogP contribution in [0.5, 0.6) is 0 Å². The first-order valence-corrected chi connectivity index (χ1v) is 11.0. The van der Waals surface area contributed by atoms with E-state index in [0.717, 1.165) is 0 Å². The van der Waals surface area contributed by atoms with Gasteiger partial charge in [-0.05, 0) is 5.19 Å². The van der Waals surface area contributed by atoms with E-state index < -0.39 is 7.38 Å². The Morgan fingerprint density at radius 2 is 1.54 bits per heavy atom. The van der Waals surface area contributed by atoms with Gasteiger partial charge in [0, 0.05) is 0 Å². The van der Waals surface area contributed by atoms with E-state index in [1.807, 2.05) is 0 Å². The minimum Gasteiger partial charge on any atom is -0.162 e. The second kappa shape index (κ2) is 3.99. The predicted molar refractivity (Wildman–Crippen MR) is 66.5 cm³/mol. The lowest BCUT2D eigenvalue weighted by molar-refractivity contribution is 1.76. The van der Waals surface area contributed by atoms with Crippen molar-refractivity contribution < 1.29 is 0 Å². The lowest BCUT2D eigenvalue weighted by Gasteiger charge is -2.14. The summed E-state index contributed by atoms with van der Waals surface area (Å²) in [7, 11) is -1.91. The summed E-state index contributed by atoms with van der Waals surface area (Å²) in [6.07, 6.45) is 0. The average molecular weight is 228 g/mol. The van der Waals surface area contributed by atoms with E-state index in [9.17, 15) is 0 Å². The number of rotatable bonds is 2. The molecule has 1 radical (unpaired) electrons. The number of hydrogen-bond acceptors (Lipinski definition) is 0. The molecule has 0 saturated carbocycles. The Morgan fingerprint density at radius 3 is 1.85 bits per heavy atom. The van der Waals surface area contributed by atoms with Crippen LogP contribution in [0.25, 0.3) is 0 Å². The van der Waals surface area contributed by atoms with Gasteiger partial charge < -0.3 is 0 Å². The fraction of sp³-hybridized carbons (Fsp3) is 0.400. The largest absolute Gasteiger partial charge is 0.180 e. The van der Waals surface area contributed by atoms with Gasteiger partial charge in [-0.25, -0.2) is 0 Å². The molecule has 13 heavy (non-hydrogen) atoms. The van der Waals surface area contributed by atoms with Crippen LogP contribution in [0, 0.1) is 0 Å². The van der Waals surface area contributed by atoms with E-state index >= 15 is 0 Å². The summed E-state index contributed by atoms with van der Waals surface area (Å²) < 4.78 is 0. The highest BCUT2D eigenvalue weighted by Crippen LogP contribution is 2.06. The summed E-state index contributed by atoms with van der Waals surface area (Å²) in [4.78, 5) is 0. The third kappa shape index (κ3) is 2.97. The minimum atomic E-state index is -1.61. The Morgan fingerprint density at radius 1 is 1.08 bits per heavy atom. The van der Waals surface area contributed by atoms with Crippen LogP contribution in [0.15, 0.2) is 24.3 Å². The molecule has 0 aliphatic rings. The zero-order valence-corrected chi connectivity index (χ0v) is 11.4. The first-order chi connectivity index (χ1) is 5.91. The number of halogens is 1. The molecule has 1 aromatic rings. The normalized spacial score (nSPS) is 12.2. The molecule has 0 heterocycles. The molecule has 1 rings (SSSR count). The molecule has 0 amide bonds. The van der Waals surface area contributed by atoms with Crippen LogP contribution in [-0.4, -0.2) is 16.2 Å². The van der Waals surface area contributed by atoms with Gasteiger partial charge >= 0.3 is 0 Å². The molecule has 0 unspecified atom stereocenters. The molecule has 0 nitrogen and oxygen atoms in total. The highest BCUT2D eigenvalue weighted by atomic mass is 35.6. The van der Waals surface area contributed by atoms with Crippen LogP contribution in [0.4, 0.5) is 0 Å². The molecule has 0 aliphatic heterocycles. The highest BCUT2D eigenvalue weighted by molar-refractivity contribution is 7.26. The van der Waals surface area contributed by atoms with Gasteiger partial charge in [0.05, 0.1) is 8.80 Å². The summed E-state index contributed by atoms with van der Waals surface area (Å²) in [6.45, 7) is 8.94. The molecule has 0 spiro atoms. The minimum absolute atomic E-state index is 0.301. The summed E-state index contributed by atoms with van der Waals surface area (Å²) in [5, 5.41) is 2.82. The second-order valence-electron chi connectivity index (χ2n) is 4.05. The van der Waals surface area contributed by atoms with Crippen molar-refractivity contribution in [2.75, 3.05) is 0 Å². The highest BCUT2D eigenvalue weighted by Gasteiger charge is 2.19. The van der Waals surface area contributed by atoms with Gasteiger partial charge in [-0.15, -0.1) is 0 Å². The molecule has 0 bridgehead atoms. The smallest absolute Gasteiger partial charge is 0.162 e. The van der Waals surface area contributed by atoms with Crippen molar-refractivity contribution in [3.63, 3.8) is 0 Å². The lowest BCUT2D eigenvalue weighted by atomic mass is 10.4. The second-order valence-corrected chi connectivity index (χ2v) is 13.0. The molecular weight excluding hydrogens is 212 g/mol. The van der Waals surface area contributed by atoms with Crippen molar-refractivity contribution in [2.24, 2.45) is 0 Å². The molecule has 0 saturated heterocycles. The fourth-order valence-electron chi connectivity index (χ4n) is 1.20. The maximum Gasteiger partial charge on any atom is 0.180 e. The van der Waals surface area contributed by atoms with Crippen molar-refractivity contribution in [1.29, 1.82) is 0 Å². The van der Waals surface area contributed by atoms with Crippen LogP contribution in [-0.2, 0) is 0 Å². The van der Waals surface area contributed by atoms with Crippen molar-refractivity contribution in [3.8, 4) is 0 Å². The summed E-state index contributed by atoms with van der Waals surface area (Å²) in [5.74, 6) is 0. The SMILES string of the molecule is C[Si](C)c1ccc([Si](C)(C)Cl)cc1. The van der Waals surface area contributed by atoms with E-state index in [1.54, 1.807) is 0 Å². The first-order valence-electron chi connectivity index (χ1n) is 4.51. The Balaban J connectivity index is 2.94. The van der Waals surface area contributed by atoms with E-state index in [2.05, 4.69) is 50.5 Å². The van der Waals surface area contributed by atoms with Crippen molar-refractivity contribution in [2.45, 2.75) is 26.2 Å². The van der Waals surface area contributed by atoms with Crippen LogP contribution in [0.1, 0.15) is 0 Å². The molecule has 0 atom stereocenters. The maximum absolute atomic E-state index is 6.34. The monoisotopic (exact) mass is 227 g/mol. The van der Waals surface area contributed by atoms with Gasteiger partial charge in [0.25, 0.3) is 0 Å². The third-order valence-corrected chi connectivity index (χ3v) is 6.00. The molecule has 0 fully saturated rings. The Bertz CT molecular complexity index is 272. The Hall–Kier alpha value is -0.0562. The summed E-state index contributed by atoms with van der Waals surface area (Å²) >= 11 is 6.34. The molecule has 0 aliphatic carbocycles. The van der Waals surface area contributed by atoms with Crippen LogP contribution < -0.4 is 10.4 Å². The molecule has 3 heteroatoms. The molecule has 71 valence electrons. The zero-order chi connectivity index (χ0) is 10.1. The van der Waals surface area contributed by atoms with E-state index in [0.29, 0.717) is 0 Å². The number of hydrogen-bond donors (Lipinski definition) is 0. The summed E-state index contributed by atoms with van der Waals surface area (Å²) in [6, 6.07) is 8.87. The van der Waals surface area contributed by atoms with Crippen LogP contribution in [0.3, 0.4) is 0 Å². The Kier molecular flexibility index (Phi) is 3.38. The molecular formula is C10H16ClSi2. The average Bonchev–Trinajstić information content (AvgIpc) is 2.03. The third-order valence-electron chi connectivity index (χ3n) is 2.15. The standard InChI is InChI=1S/C10H16ClSi2/c1-12(2)9-5-7-10(8-6-9)13(3,4)11/h5-8H,1-4H3. The van der Waals surface area contributed by atoms with Gasteiger partial charge in [0.15, 0.2) is 7.38 Å². The van der Waals surface area contributed by atoms with Gasteiger partial charge in [-0.2, -0.15) is 11.1 Å². The van der Waals surface area contributed by atoms with E-state index in [1.165, 1.54) is 10.4 Å². The van der Waals surface area contributed by atoms with Crippen LogP contribution in [0.2, 0.25) is 26.2 Å². The first kappa shape index (κ1) is 11.0.